The van der Waals surface area contributed by atoms with Crippen molar-refractivity contribution in [3.63, 3.8) is 0 Å². The molecule has 0 atom stereocenters. The van der Waals surface area contributed by atoms with E-state index in [1.807, 2.05) is 30.6 Å². The maximum absolute atomic E-state index is 6.04. The van der Waals surface area contributed by atoms with Crippen LogP contribution in [-0.4, -0.2) is 14.5 Å². The van der Waals surface area contributed by atoms with Gasteiger partial charge in [0.05, 0.1) is 21.3 Å². The van der Waals surface area contributed by atoms with Crippen LogP contribution in [-0.2, 0) is 0 Å². The van der Waals surface area contributed by atoms with E-state index >= 15 is 0 Å². The normalized spacial score (nSPS) is 12.1. The molecular weight excluding hydrogens is 498 g/mol. The van der Waals surface area contributed by atoms with Crippen LogP contribution in [0.3, 0.4) is 0 Å². The van der Waals surface area contributed by atoms with Crippen molar-refractivity contribution in [2.24, 2.45) is 0 Å². The van der Waals surface area contributed by atoms with Crippen LogP contribution in [0, 0.1) is 0 Å². The molecule has 0 amide bonds. The molecule has 0 fully saturated rings. The molecule has 0 aliphatic rings. The Bertz CT molecular complexity index is 2410. The minimum absolute atomic E-state index is 0.807. The van der Waals surface area contributed by atoms with E-state index in [0.29, 0.717) is 0 Å². The molecule has 39 heavy (non-hydrogen) atoms. The van der Waals surface area contributed by atoms with Crippen molar-refractivity contribution in [1.82, 2.24) is 14.5 Å². The molecule has 0 aliphatic heterocycles. The second kappa shape index (κ2) is 7.76. The highest BCUT2D eigenvalue weighted by atomic mass is 32.1. The van der Waals surface area contributed by atoms with Gasteiger partial charge in [0.1, 0.15) is 11.1 Å². The van der Waals surface area contributed by atoms with Gasteiger partial charge in [-0.15, -0.1) is 11.3 Å². The van der Waals surface area contributed by atoms with E-state index in [1.165, 1.54) is 47.7 Å². The Balaban J connectivity index is 1.28. The molecule has 0 N–H and O–H groups in total. The van der Waals surface area contributed by atoms with Crippen molar-refractivity contribution in [2.75, 3.05) is 0 Å². The standard InChI is InChI=1S/C34H19N3OS/c1-2-6-27-23(5-1)24-17-20(21-10-14-31-26(18-21)34-32(39-31)8-4-16-36-34)9-12-28(24)37(27)22-11-13-29-25(19-22)33-30(38-29)7-3-15-35-33/h1-19H. The molecule has 5 aromatic heterocycles. The van der Waals surface area contributed by atoms with Crippen LogP contribution < -0.4 is 0 Å². The van der Waals surface area contributed by atoms with Crippen LogP contribution in [0.4, 0.5) is 0 Å². The van der Waals surface area contributed by atoms with Crippen LogP contribution in [0.5, 0.6) is 0 Å². The van der Waals surface area contributed by atoms with Gasteiger partial charge in [-0.05, 0) is 83.9 Å². The summed E-state index contributed by atoms with van der Waals surface area (Å²) < 4.78 is 10.9. The summed E-state index contributed by atoms with van der Waals surface area (Å²) in [6.07, 6.45) is 3.69. The average molecular weight is 518 g/mol. The van der Waals surface area contributed by atoms with E-state index in [9.17, 15) is 0 Å². The van der Waals surface area contributed by atoms with Gasteiger partial charge < -0.3 is 8.98 Å². The third kappa shape index (κ3) is 2.99. The molecule has 5 heterocycles. The van der Waals surface area contributed by atoms with Crippen molar-refractivity contribution in [3.05, 3.63) is 116 Å². The monoisotopic (exact) mass is 517 g/mol. The number of fused-ring (bicyclic) bond motifs is 9. The van der Waals surface area contributed by atoms with Crippen molar-refractivity contribution in [3.8, 4) is 16.8 Å². The number of hydrogen-bond donors (Lipinski definition) is 0. The van der Waals surface area contributed by atoms with E-state index in [2.05, 4.69) is 99.5 Å². The molecule has 9 aromatic rings. The lowest BCUT2D eigenvalue weighted by molar-refractivity contribution is 0.668. The molecule has 0 saturated heterocycles. The molecule has 4 nitrogen and oxygen atoms in total. The van der Waals surface area contributed by atoms with E-state index in [-0.39, 0.29) is 0 Å². The Morgan fingerprint density at radius 3 is 2.28 bits per heavy atom. The number of nitrogens with zero attached hydrogens (tertiary/aromatic N) is 3. The number of furan rings is 1. The molecule has 0 spiro atoms. The summed E-state index contributed by atoms with van der Waals surface area (Å²) in [5.41, 5.74) is 9.46. The van der Waals surface area contributed by atoms with Gasteiger partial charge in [-0.2, -0.15) is 0 Å². The second-order valence-corrected chi connectivity index (χ2v) is 11.0. The quantitative estimate of drug-likeness (QED) is 0.229. The zero-order valence-corrected chi connectivity index (χ0v) is 21.4. The van der Waals surface area contributed by atoms with E-state index in [4.69, 9.17) is 4.42 Å². The van der Waals surface area contributed by atoms with Gasteiger partial charge in [-0.1, -0.05) is 30.3 Å². The number of aromatic nitrogens is 3. The Morgan fingerprint density at radius 2 is 1.33 bits per heavy atom. The Labute approximate surface area is 226 Å². The summed E-state index contributed by atoms with van der Waals surface area (Å²) >= 11 is 1.80. The van der Waals surface area contributed by atoms with E-state index in [1.54, 1.807) is 11.3 Å². The highest BCUT2D eigenvalue weighted by Crippen LogP contribution is 2.39. The smallest absolute Gasteiger partial charge is 0.153 e. The number of hydrogen-bond acceptors (Lipinski definition) is 4. The number of rotatable bonds is 2. The summed E-state index contributed by atoms with van der Waals surface area (Å²) in [5, 5.41) is 4.69. The molecule has 0 saturated carbocycles. The Kier molecular flexibility index (Phi) is 4.18. The summed E-state index contributed by atoms with van der Waals surface area (Å²) in [6, 6.07) is 36.6. The number of para-hydroxylation sites is 1. The summed E-state index contributed by atoms with van der Waals surface area (Å²) in [6.45, 7) is 0. The largest absolute Gasteiger partial charge is 0.454 e. The lowest BCUT2D eigenvalue weighted by Crippen LogP contribution is -1.93. The van der Waals surface area contributed by atoms with Crippen molar-refractivity contribution in [2.45, 2.75) is 0 Å². The van der Waals surface area contributed by atoms with Gasteiger partial charge in [-0.3, -0.25) is 9.97 Å². The summed E-state index contributed by atoms with van der Waals surface area (Å²) in [4.78, 5) is 9.26. The van der Waals surface area contributed by atoms with Gasteiger partial charge in [0.25, 0.3) is 0 Å². The van der Waals surface area contributed by atoms with Crippen molar-refractivity contribution >= 4 is 75.5 Å². The molecule has 182 valence electrons. The van der Waals surface area contributed by atoms with Crippen LogP contribution in [0.15, 0.2) is 120 Å². The lowest BCUT2D eigenvalue weighted by atomic mass is 10.0. The summed E-state index contributed by atoms with van der Waals surface area (Å²) in [7, 11) is 0. The molecule has 0 radical (unpaired) electrons. The highest BCUT2D eigenvalue weighted by Gasteiger charge is 2.16. The zero-order chi connectivity index (χ0) is 25.5. The van der Waals surface area contributed by atoms with Gasteiger partial charge in [0, 0.05) is 44.3 Å². The van der Waals surface area contributed by atoms with Gasteiger partial charge >= 0.3 is 0 Å². The number of benzene rings is 4. The van der Waals surface area contributed by atoms with Gasteiger partial charge in [0.2, 0.25) is 0 Å². The summed E-state index contributed by atoms with van der Waals surface area (Å²) in [5.74, 6) is 0. The van der Waals surface area contributed by atoms with Crippen molar-refractivity contribution < 1.29 is 4.42 Å². The third-order valence-electron chi connectivity index (χ3n) is 7.70. The van der Waals surface area contributed by atoms with Gasteiger partial charge in [-0.25, -0.2) is 0 Å². The molecular formula is C34H19N3OS. The van der Waals surface area contributed by atoms with E-state index in [0.717, 1.165) is 33.3 Å². The molecule has 4 aromatic carbocycles. The van der Waals surface area contributed by atoms with Gasteiger partial charge in [0.15, 0.2) is 5.58 Å². The Morgan fingerprint density at radius 1 is 0.538 bits per heavy atom. The number of thiophene rings is 1. The fraction of sp³-hybridized carbons (Fsp3) is 0. The number of pyridine rings is 2. The van der Waals surface area contributed by atoms with Crippen molar-refractivity contribution in [1.29, 1.82) is 0 Å². The zero-order valence-electron chi connectivity index (χ0n) is 20.6. The van der Waals surface area contributed by atoms with Crippen LogP contribution in [0.25, 0.3) is 81.0 Å². The first-order chi connectivity index (χ1) is 19.3. The predicted octanol–water partition coefficient (Wildman–Crippen LogP) is 9.51. The molecule has 9 rings (SSSR count). The molecule has 0 bridgehead atoms. The van der Waals surface area contributed by atoms with Crippen LogP contribution >= 0.6 is 11.3 Å². The SMILES string of the molecule is c1cnc2c(c1)oc1ccc(-n3c4ccccc4c4cc(-c5ccc6sc7cccnc7c6c5)ccc43)cc12. The maximum atomic E-state index is 6.04. The average Bonchev–Trinajstić information content (AvgIpc) is 3.65. The first kappa shape index (κ1) is 21.0. The maximum Gasteiger partial charge on any atom is 0.153 e. The fourth-order valence-electron chi connectivity index (χ4n) is 5.93. The van der Waals surface area contributed by atoms with Crippen LogP contribution in [0.1, 0.15) is 0 Å². The first-order valence-corrected chi connectivity index (χ1v) is 13.7. The minimum atomic E-state index is 0.807. The first-order valence-electron chi connectivity index (χ1n) is 12.9. The molecule has 5 heteroatoms. The third-order valence-corrected chi connectivity index (χ3v) is 8.82. The highest BCUT2D eigenvalue weighted by molar-refractivity contribution is 7.25. The predicted molar refractivity (Wildman–Crippen MR) is 162 cm³/mol. The second-order valence-electron chi connectivity index (χ2n) is 9.88. The Hall–Kier alpha value is -5.00. The van der Waals surface area contributed by atoms with Crippen LogP contribution in [0.2, 0.25) is 0 Å². The fourth-order valence-corrected chi connectivity index (χ4v) is 6.98. The minimum Gasteiger partial charge on any atom is -0.454 e. The molecule has 0 aliphatic carbocycles. The lowest BCUT2D eigenvalue weighted by Gasteiger charge is -2.09. The van der Waals surface area contributed by atoms with E-state index < -0.39 is 0 Å². The topological polar surface area (TPSA) is 43.9 Å². The molecule has 0 unspecified atom stereocenters.